The summed E-state index contributed by atoms with van der Waals surface area (Å²) in [6, 6.07) is 8.00. The maximum atomic E-state index is 13.2. The Hall–Kier alpha value is -2.87. The molecule has 1 aromatic heterocycles. The van der Waals surface area contributed by atoms with Gasteiger partial charge >= 0.3 is 0 Å². The van der Waals surface area contributed by atoms with E-state index in [1.807, 2.05) is 35.8 Å². The maximum absolute atomic E-state index is 13.2. The Kier molecular flexibility index (Phi) is 5.43. The van der Waals surface area contributed by atoms with Crippen LogP contribution >= 0.6 is 11.6 Å². The summed E-state index contributed by atoms with van der Waals surface area (Å²) in [4.78, 5) is 40.3. The Morgan fingerprint density at radius 3 is 2.33 bits per heavy atom. The second-order valence-electron chi connectivity index (χ2n) is 9.43. The van der Waals surface area contributed by atoms with Gasteiger partial charge in [0.2, 0.25) is 11.9 Å². The van der Waals surface area contributed by atoms with Gasteiger partial charge in [-0.15, -0.1) is 0 Å². The molecule has 2 aliphatic heterocycles. The highest BCUT2D eigenvalue weighted by atomic mass is 35.5. The molecule has 1 saturated carbocycles. The summed E-state index contributed by atoms with van der Waals surface area (Å²) in [7, 11) is 0. The number of benzene rings is 1. The number of amides is 2. The van der Waals surface area contributed by atoms with Crippen molar-refractivity contribution in [3.8, 4) is 0 Å². The minimum atomic E-state index is -0.203. The normalized spacial score (nSPS) is 19.2. The fourth-order valence-corrected chi connectivity index (χ4v) is 4.79. The summed E-state index contributed by atoms with van der Waals surface area (Å²) in [5.74, 6) is 1.30. The van der Waals surface area contributed by atoms with E-state index in [4.69, 9.17) is 21.6 Å². The molecule has 2 amide bonds. The number of rotatable bonds is 5. The number of anilines is 2. The van der Waals surface area contributed by atoms with E-state index < -0.39 is 0 Å². The molecule has 5 rings (SSSR count). The smallest absolute Gasteiger partial charge is 0.273 e. The Morgan fingerprint density at radius 2 is 1.76 bits per heavy atom. The molecule has 174 valence electrons. The van der Waals surface area contributed by atoms with E-state index in [-0.39, 0.29) is 23.4 Å². The van der Waals surface area contributed by atoms with Gasteiger partial charge in [-0.05, 0) is 44.4 Å². The third-order valence-corrected chi connectivity index (χ3v) is 7.17. The first-order valence-corrected chi connectivity index (χ1v) is 11.9. The van der Waals surface area contributed by atoms with Crippen molar-refractivity contribution in [2.24, 2.45) is 0 Å². The molecule has 0 radical (unpaired) electrons. The predicted molar refractivity (Wildman–Crippen MR) is 127 cm³/mol. The molecule has 8 nitrogen and oxygen atoms in total. The monoisotopic (exact) mass is 468 g/mol. The zero-order valence-corrected chi connectivity index (χ0v) is 20.0. The van der Waals surface area contributed by atoms with Crippen LogP contribution in [0, 0.1) is 0 Å². The standard InChI is InChI=1S/C24H29ClN6O2/c1-15(2)31-14-19-20(22(31)33)26-23(30-12-10-29(11-13-30)16(3)32)27-21(19)28-24(8-9-24)17-4-6-18(25)7-5-17/h4-7,15H,8-14H2,1-3H3,(H,26,27,28). The molecule has 9 heteroatoms. The first-order valence-electron chi connectivity index (χ1n) is 11.5. The van der Waals surface area contributed by atoms with Crippen molar-refractivity contribution in [1.82, 2.24) is 19.8 Å². The molecule has 1 saturated heterocycles. The van der Waals surface area contributed by atoms with Gasteiger partial charge in [0.05, 0.1) is 12.1 Å². The van der Waals surface area contributed by atoms with Gasteiger partial charge in [-0.2, -0.15) is 4.98 Å². The number of aromatic nitrogens is 2. The summed E-state index contributed by atoms with van der Waals surface area (Å²) in [6.45, 7) is 8.66. The van der Waals surface area contributed by atoms with Gasteiger partial charge in [0.1, 0.15) is 11.5 Å². The molecule has 0 atom stereocenters. The van der Waals surface area contributed by atoms with Crippen molar-refractivity contribution < 1.29 is 9.59 Å². The average molecular weight is 469 g/mol. The van der Waals surface area contributed by atoms with Crippen LogP contribution in [0.2, 0.25) is 5.02 Å². The van der Waals surface area contributed by atoms with Crippen LogP contribution < -0.4 is 10.2 Å². The van der Waals surface area contributed by atoms with Gasteiger partial charge in [0.25, 0.3) is 5.91 Å². The summed E-state index contributed by atoms with van der Waals surface area (Å²) in [5.41, 5.74) is 2.31. The van der Waals surface area contributed by atoms with Gasteiger partial charge in [0, 0.05) is 49.7 Å². The molecular weight excluding hydrogens is 440 g/mol. The molecule has 2 fully saturated rings. The van der Waals surface area contributed by atoms with Crippen LogP contribution in [0.4, 0.5) is 11.8 Å². The molecule has 33 heavy (non-hydrogen) atoms. The van der Waals surface area contributed by atoms with Gasteiger partial charge in [0.15, 0.2) is 0 Å². The molecular formula is C24H29ClN6O2. The fourth-order valence-electron chi connectivity index (χ4n) is 4.67. The summed E-state index contributed by atoms with van der Waals surface area (Å²) in [5, 5.41) is 4.40. The van der Waals surface area contributed by atoms with Crippen molar-refractivity contribution >= 4 is 35.2 Å². The predicted octanol–water partition coefficient (Wildman–Crippen LogP) is 3.26. The van der Waals surface area contributed by atoms with Crippen LogP contribution in [0.15, 0.2) is 24.3 Å². The zero-order chi connectivity index (χ0) is 23.3. The van der Waals surface area contributed by atoms with E-state index in [0.717, 1.165) is 24.2 Å². The van der Waals surface area contributed by atoms with E-state index in [2.05, 4.69) is 22.3 Å². The number of halogens is 1. The van der Waals surface area contributed by atoms with Gasteiger partial charge in [-0.1, -0.05) is 23.7 Å². The van der Waals surface area contributed by atoms with Crippen LogP contribution in [0.3, 0.4) is 0 Å². The third-order valence-electron chi connectivity index (χ3n) is 6.92. The summed E-state index contributed by atoms with van der Waals surface area (Å²) >= 11 is 6.10. The van der Waals surface area contributed by atoms with E-state index >= 15 is 0 Å². The molecule has 1 aliphatic carbocycles. The topological polar surface area (TPSA) is 81.7 Å². The molecule has 3 heterocycles. The quantitative estimate of drug-likeness (QED) is 0.725. The largest absolute Gasteiger partial charge is 0.360 e. The second-order valence-corrected chi connectivity index (χ2v) is 9.87. The molecule has 0 unspecified atom stereocenters. The number of hydrogen-bond donors (Lipinski definition) is 1. The highest BCUT2D eigenvalue weighted by Crippen LogP contribution is 2.49. The van der Waals surface area contributed by atoms with Crippen molar-refractivity contribution in [2.45, 2.75) is 51.7 Å². The van der Waals surface area contributed by atoms with Crippen LogP contribution in [0.5, 0.6) is 0 Å². The van der Waals surface area contributed by atoms with E-state index in [1.54, 1.807) is 6.92 Å². The minimum Gasteiger partial charge on any atom is -0.360 e. The van der Waals surface area contributed by atoms with E-state index in [9.17, 15) is 9.59 Å². The highest BCUT2D eigenvalue weighted by Gasteiger charge is 2.46. The average Bonchev–Trinajstić information content (AvgIpc) is 3.50. The Bertz CT molecular complexity index is 1090. The van der Waals surface area contributed by atoms with Gasteiger partial charge in [-0.3, -0.25) is 9.59 Å². The molecule has 1 aromatic carbocycles. The van der Waals surface area contributed by atoms with Crippen LogP contribution in [0.1, 0.15) is 55.2 Å². The first kappa shape index (κ1) is 21.9. The minimum absolute atomic E-state index is 0.0505. The Balaban J connectivity index is 1.49. The zero-order valence-electron chi connectivity index (χ0n) is 19.3. The van der Waals surface area contributed by atoms with Crippen molar-refractivity contribution in [2.75, 3.05) is 36.4 Å². The molecule has 2 aromatic rings. The van der Waals surface area contributed by atoms with Crippen LogP contribution in [-0.4, -0.2) is 63.8 Å². The molecule has 1 N–H and O–H groups in total. The first-order chi connectivity index (χ1) is 15.8. The van der Waals surface area contributed by atoms with Crippen LogP contribution in [0.25, 0.3) is 0 Å². The molecule has 0 spiro atoms. The number of fused-ring (bicyclic) bond motifs is 1. The van der Waals surface area contributed by atoms with E-state index in [1.165, 1.54) is 5.56 Å². The summed E-state index contributed by atoms with van der Waals surface area (Å²) < 4.78 is 0. The van der Waals surface area contributed by atoms with E-state index in [0.29, 0.717) is 49.4 Å². The van der Waals surface area contributed by atoms with Gasteiger partial charge in [-0.25, -0.2) is 4.98 Å². The van der Waals surface area contributed by atoms with Crippen molar-refractivity contribution in [3.63, 3.8) is 0 Å². The van der Waals surface area contributed by atoms with Crippen LogP contribution in [-0.2, 0) is 16.9 Å². The Morgan fingerprint density at radius 1 is 1.09 bits per heavy atom. The number of nitrogens with one attached hydrogen (secondary N) is 1. The second kappa shape index (κ2) is 8.17. The third kappa shape index (κ3) is 4.01. The molecule has 3 aliphatic rings. The lowest BCUT2D eigenvalue weighted by atomic mass is 10.0. The number of nitrogens with zero attached hydrogens (tertiary/aromatic N) is 5. The summed E-state index contributed by atoms with van der Waals surface area (Å²) in [6.07, 6.45) is 1.98. The number of hydrogen-bond acceptors (Lipinski definition) is 6. The molecule has 0 bridgehead atoms. The number of piperazine rings is 1. The maximum Gasteiger partial charge on any atom is 0.273 e. The lowest BCUT2D eigenvalue weighted by Gasteiger charge is -2.34. The SMILES string of the molecule is CC(=O)N1CCN(c2nc(NC3(c4ccc(Cl)cc4)CC3)c3c(n2)C(=O)N(C(C)C)C3)CC1. The van der Waals surface area contributed by atoms with Crippen molar-refractivity contribution in [3.05, 3.63) is 46.1 Å². The number of carbonyl (C=O) groups is 2. The van der Waals surface area contributed by atoms with Crippen molar-refractivity contribution in [1.29, 1.82) is 0 Å². The lowest BCUT2D eigenvalue weighted by Crippen LogP contribution is -2.48. The van der Waals surface area contributed by atoms with Gasteiger partial charge < -0.3 is 20.0 Å². The number of carbonyl (C=O) groups excluding carboxylic acids is 2. The highest BCUT2D eigenvalue weighted by molar-refractivity contribution is 6.30. The lowest BCUT2D eigenvalue weighted by molar-refractivity contribution is -0.129. The fraction of sp³-hybridized carbons (Fsp3) is 0.500. The Labute approximate surface area is 198 Å².